The van der Waals surface area contributed by atoms with E-state index in [1.54, 1.807) is 33.8 Å². The van der Waals surface area contributed by atoms with Crippen molar-refractivity contribution in [2.75, 3.05) is 25.7 Å². The maximum atomic E-state index is 12.1. The minimum atomic E-state index is -0.568. The van der Waals surface area contributed by atoms with Crippen LogP contribution in [0.5, 0.6) is 0 Å². The number of nitrogen functional groups attached to an aromatic ring is 2. The van der Waals surface area contributed by atoms with Crippen molar-refractivity contribution in [3.05, 3.63) is 46.3 Å². The summed E-state index contributed by atoms with van der Waals surface area (Å²) in [6.07, 6.45) is 1.30. The Morgan fingerprint density at radius 1 is 0.705 bits per heavy atom. The van der Waals surface area contributed by atoms with Gasteiger partial charge in [-0.2, -0.15) is 28.3 Å². The molecule has 0 spiro atoms. The first-order chi connectivity index (χ1) is 21.0. The van der Waals surface area contributed by atoms with Crippen LogP contribution in [0, 0.1) is 27.7 Å². The number of azo groups is 2. The quantitative estimate of drug-likeness (QED) is 0.176. The number of ether oxygens (including phenoxy) is 2. The van der Waals surface area contributed by atoms with Crippen molar-refractivity contribution in [1.82, 2.24) is 38.3 Å². The predicted molar refractivity (Wildman–Crippen MR) is 159 cm³/mol. The summed E-state index contributed by atoms with van der Waals surface area (Å²) in [6.45, 7) is 6.75. The molecule has 5 aromatic rings. The highest BCUT2D eigenvalue weighted by atomic mass is 32.1. The zero-order valence-corrected chi connectivity index (χ0v) is 25.8. The Hall–Kier alpha value is -5.50. The fourth-order valence-corrected chi connectivity index (χ4v) is 5.38. The molecule has 0 radical (unpaired) electrons. The second-order valence-corrected chi connectivity index (χ2v) is 10.5. The first kappa shape index (κ1) is 30.0. The van der Waals surface area contributed by atoms with Gasteiger partial charge >= 0.3 is 11.9 Å². The lowest BCUT2D eigenvalue weighted by atomic mass is 10.2. The number of aryl methyl sites for hydroxylation is 4. The molecule has 5 rings (SSSR count). The molecule has 0 saturated carbocycles. The van der Waals surface area contributed by atoms with E-state index in [9.17, 15) is 9.59 Å². The molecular weight excluding hydrogens is 612 g/mol. The third-order valence-electron chi connectivity index (χ3n) is 6.15. The predicted octanol–water partition coefficient (Wildman–Crippen LogP) is 4.56. The van der Waals surface area contributed by atoms with Gasteiger partial charge in [0.1, 0.15) is 17.5 Å². The number of aromatic nitrogens is 8. The van der Waals surface area contributed by atoms with Crippen molar-refractivity contribution in [2.24, 2.45) is 20.5 Å². The fraction of sp³-hybridized carbons (Fsp3) is 0.250. The zero-order valence-electron chi connectivity index (χ0n) is 24.1. The zero-order chi connectivity index (χ0) is 31.7. The number of hydrogen-bond donors (Lipinski definition) is 2. The van der Waals surface area contributed by atoms with Gasteiger partial charge in [-0.1, -0.05) is 0 Å². The molecule has 0 amide bonds. The number of anilines is 2. The van der Waals surface area contributed by atoms with Gasteiger partial charge in [0, 0.05) is 6.07 Å². The summed E-state index contributed by atoms with van der Waals surface area (Å²) in [5.74, 6) is -0.281. The summed E-state index contributed by atoms with van der Waals surface area (Å²) in [7, 11) is 2.55. The maximum absolute atomic E-state index is 12.1. The molecular formula is C24H24N14O4S2. The Labute approximate surface area is 256 Å². The van der Waals surface area contributed by atoms with Gasteiger partial charge in [0.15, 0.2) is 44.6 Å². The van der Waals surface area contributed by atoms with Crippen LogP contribution in [0.25, 0.3) is 11.6 Å². The van der Waals surface area contributed by atoms with Gasteiger partial charge in [-0.3, -0.25) is 0 Å². The van der Waals surface area contributed by atoms with Gasteiger partial charge in [0.25, 0.3) is 0 Å². The Morgan fingerprint density at radius 2 is 1.11 bits per heavy atom. The third-order valence-corrected chi connectivity index (χ3v) is 7.80. The van der Waals surface area contributed by atoms with E-state index in [0.717, 1.165) is 23.1 Å². The van der Waals surface area contributed by atoms with Crippen LogP contribution in [0.2, 0.25) is 0 Å². The van der Waals surface area contributed by atoms with E-state index in [2.05, 4.69) is 49.4 Å². The Bertz CT molecular complexity index is 1830. The number of hydrogen-bond acceptors (Lipinski definition) is 18. The second kappa shape index (κ2) is 12.0. The van der Waals surface area contributed by atoms with Gasteiger partial charge in [0.05, 0.1) is 37.0 Å². The number of carbonyl (C=O) groups is 2. The van der Waals surface area contributed by atoms with E-state index in [1.807, 2.05) is 0 Å². The molecule has 0 bridgehead atoms. The van der Waals surface area contributed by atoms with Crippen LogP contribution in [0.15, 0.2) is 32.9 Å². The minimum absolute atomic E-state index is 0.136. The Morgan fingerprint density at radius 3 is 1.50 bits per heavy atom. The smallest absolute Gasteiger partial charge is 0.342 e. The van der Waals surface area contributed by atoms with Gasteiger partial charge in [0.2, 0.25) is 0 Å². The van der Waals surface area contributed by atoms with Crippen molar-refractivity contribution in [3.63, 3.8) is 0 Å². The van der Waals surface area contributed by atoms with Crippen molar-refractivity contribution in [1.29, 1.82) is 0 Å². The van der Waals surface area contributed by atoms with E-state index in [1.165, 1.54) is 29.9 Å². The first-order valence-corrected chi connectivity index (χ1v) is 14.1. The number of esters is 2. The van der Waals surface area contributed by atoms with E-state index in [4.69, 9.17) is 20.9 Å². The summed E-state index contributed by atoms with van der Waals surface area (Å²) in [4.78, 5) is 32.9. The molecule has 0 atom stereocenters. The fourth-order valence-electron chi connectivity index (χ4n) is 3.96. The van der Waals surface area contributed by atoms with Gasteiger partial charge < -0.3 is 20.9 Å². The highest BCUT2D eigenvalue weighted by Gasteiger charge is 2.22. The minimum Gasteiger partial charge on any atom is -0.465 e. The third kappa shape index (κ3) is 5.38. The van der Waals surface area contributed by atoms with Crippen LogP contribution >= 0.6 is 23.1 Å². The van der Waals surface area contributed by atoms with Crippen LogP contribution in [0.3, 0.4) is 0 Å². The monoisotopic (exact) mass is 636 g/mol. The van der Waals surface area contributed by atoms with Crippen LogP contribution < -0.4 is 11.5 Å². The molecule has 226 valence electrons. The van der Waals surface area contributed by atoms with Crippen molar-refractivity contribution in [3.8, 4) is 11.6 Å². The highest BCUT2D eigenvalue weighted by Crippen LogP contribution is 2.36. The molecule has 0 aliphatic heterocycles. The number of methoxy groups -OCH3 is 2. The van der Waals surface area contributed by atoms with E-state index in [0.29, 0.717) is 34.4 Å². The molecule has 0 aliphatic rings. The number of carbonyl (C=O) groups excluding carboxylic acids is 2. The standard InChI is InChI=1S/C24H24N14O4S2/c1-9-15(23(39)41-5)21(43-35-9)31-29-17-11(3)33-37(19(17)25)13-7-14(28-8-27-13)38-20(26)18(12(4)34-38)30-32-22-16(24(40)42-6)10(2)36-44-22/h7-8H,25-26H2,1-6H3. The lowest BCUT2D eigenvalue weighted by Crippen LogP contribution is -2.09. The van der Waals surface area contributed by atoms with E-state index in [-0.39, 0.29) is 44.1 Å². The van der Waals surface area contributed by atoms with Crippen LogP contribution in [0.1, 0.15) is 43.5 Å². The van der Waals surface area contributed by atoms with Crippen LogP contribution in [-0.2, 0) is 9.47 Å². The van der Waals surface area contributed by atoms with E-state index < -0.39 is 11.9 Å². The summed E-state index contributed by atoms with van der Waals surface area (Å²) in [5.41, 5.74) is 15.6. The molecule has 0 fully saturated rings. The normalized spacial score (nSPS) is 11.6. The molecule has 0 aromatic carbocycles. The molecule has 20 heteroatoms. The lowest BCUT2D eigenvalue weighted by molar-refractivity contribution is 0.0592. The van der Waals surface area contributed by atoms with Gasteiger partial charge in [-0.15, -0.1) is 20.5 Å². The van der Waals surface area contributed by atoms with Crippen molar-refractivity contribution >= 4 is 68.0 Å². The maximum Gasteiger partial charge on any atom is 0.342 e. The average Bonchev–Trinajstić information content (AvgIpc) is 3.73. The van der Waals surface area contributed by atoms with Crippen molar-refractivity contribution < 1.29 is 19.1 Å². The topological polar surface area (TPSA) is 241 Å². The molecule has 0 aliphatic carbocycles. The average molecular weight is 637 g/mol. The molecule has 5 aromatic heterocycles. The summed E-state index contributed by atoms with van der Waals surface area (Å²) in [6, 6.07) is 1.57. The molecule has 5 heterocycles. The summed E-state index contributed by atoms with van der Waals surface area (Å²) >= 11 is 2.01. The number of rotatable bonds is 8. The van der Waals surface area contributed by atoms with Gasteiger partial charge in [-0.25, -0.2) is 19.6 Å². The molecule has 4 N–H and O–H groups in total. The number of nitrogens with two attached hydrogens (primary N) is 2. The van der Waals surface area contributed by atoms with Crippen molar-refractivity contribution in [2.45, 2.75) is 27.7 Å². The van der Waals surface area contributed by atoms with E-state index >= 15 is 0 Å². The molecule has 0 unspecified atom stereocenters. The summed E-state index contributed by atoms with van der Waals surface area (Å²) < 4.78 is 20.7. The molecule has 18 nitrogen and oxygen atoms in total. The molecule has 44 heavy (non-hydrogen) atoms. The second-order valence-electron chi connectivity index (χ2n) is 8.98. The Kier molecular flexibility index (Phi) is 8.18. The Balaban J connectivity index is 1.46. The number of nitrogens with zero attached hydrogens (tertiary/aromatic N) is 12. The van der Waals surface area contributed by atoms with Crippen LogP contribution in [-0.4, -0.2) is 64.4 Å². The summed E-state index contributed by atoms with van der Waals surface area (Å²) in [5, 5.41) is 26.3. The lowest BCUT2D eigenvalue weighted by Gasteiger charge is -2.06. The largest absolute Gasteiger partial charge is 0.465 e. The van der Waals surface area contributed by atoms with Gasteiger partial charge in [-0.05, 0) is 50.8 Å². The SMILES string of the molecule is COC(=O)c1c(C)nsc1N=Nc1c(C)nn(-c2cc(-n3nc(C)c(N=Nc4snc(C)c4C(=O)OC)c3N)ncn2)c1N. The highest BCUT2D eigenvalue weighted by molar-refractivity contribution is 7.10. The van der Waals surface area contributed by atoms with Crippen LogP contribution in [0.4, 0.5) is 33.0 Å². The first-order valence-electron chi connectivity index (χ1n) is 12.5. The molecule has 0 saturated heterocycles.